The first-order chi connectivity index (χ1) is 10.1. The Morgan fingerprint density at radius 1 is 1.24 bits per heavy atom. The summed E-state index contributed by atoms with van der Waals surface area (Å²) in [4.78, 5) is 5.99. The molecule has 0 fully saturated rings. The molecule has 1 aromatic heterocycles. The second-order valence-electron chi connectivity index (χ2n) is 5.54. The molecule has 1 N–H and O–H groups in total. The predicted octanol–water partition coefficient (Wildman–Crippen LogP) is 4.26. The molecule has 0 saturated heterocycles. The van der Waals surface area contributed by atoms with Crippen LogP contribution >= 0.6 is 11.3 Å². The van der Waals surface area contributed by atoms with Crippen LogP contribution in [0.25, 0.3) is 10.6 Å². The third-order valence-corrected chi connectivity index (χ3v) is 4.32. The zero-order valence-corrected chi connectivity index (χ0v) is 14.1. The van der Waals surface area contributed by atoms with Gasteiger partial charge in [-0.3, -0.25) is 0 Å². The Morgan fingerprint density at radius 2 is 1.95 bits per heavy atom. The first-order valence-electron chi connectivity index (χ1n) is 7.50. The minimum Gasteiger partial charge on any atom is -0.493 e. The number of aryl methyl sites for hydroxylation is 1. The van der Waals surface area contributed by atoms with Gasteiger partial charge in [-0.05, 0) is 43.7 Å². The largest absolute Gasteiger partial charge is 0.493 e. The van der Waals surface area contributed by atoms with Gasteiger partial charge in [0.1, 0.15) is 10.8 Å². The molecule has 4 heteroatoms. The Bertz CT molecular complexity index is 561. The third kappa shape index (κ3) is 4.55. The van der Waals surface area contributed by atoms with Gasteiger partial charge < -0.3 is 10.1 Å². The van der Waals surface area contributed by atoms with Crippen LogP contribution < -0.4 is 10.1 Å². The van der Waals surface area contributed by atoms with Crippen LogP contribution in [0, 0.1) is 12.8 Å². The van der Waals surface area contributed by atoms with Gasteiger partial charge in [-0.15, -0.1) is 11.3 Å². The van der Waals surface area contributed by atoms with E-state index in [9.17, 15) is 0 Å². The molecule has 0 saturated carbocycles. The van der Waals surface area contributed by atoms with Crippen LogP contribution in [-0.2, 0) is 6.54 Å². The van der Waals surface area contributed by atoms with E-state index in [0.717, 1.165) is 41.7 Å². The number of thiazole rings is 1. The van der Waals surface area contributed by atoms with Crippen molar-refractivity contribution in [1.82, 2.24) is 10.3 Å². The second kappa shape index (κ2) is 7.57. The van der Waals surface area contributed by atoms with Gasteiger partial charge in [0.05, 0.1) is 12.3 Å². The summed E-state index contributed by atoms with van der Waals surface area (Å²) >= 11 is 1.76. The van der Waals surface area contributed by atoms with Crippen LogP contribution in [0.1, 0.15) is 31.3 Å². The number of hydrogen-bond donors (Lipinski definition) is 1. The third-order valence-electron chi connectivity index (χ3n) is 3.11. The van der Waals surface area contributed by atoms with Gasteiger partial charge in [0.2, 0.25) is 0 Å². The molecule has 1 aromatic carbocycles. The number of aromatic nitrogens is 1. The van der Waals surface area contributed by atoms with E-state index in [0.29, 0.717) is 5.92 Å². The molecule has 0 aliphatic rings. The Labute approximate surface area is 131 Å². The lowest BCUT2D eigenvalue weighted by molar-refractivity contribution is 0.271. The van der Waals surface area contributed by atoms with Gasteiger partial charge in [-0.1, -0.05) is 20.8 Å². The fourth-order valence-corrected chi connectivity index (χ4v) is 2.95. The molecule has 21 heavy (non-hydrogen) atoms. The van der Waals surface area contributed by atoms with Crippen molar-refractivity contribution in [2.75, 3.05) is 13.2 Å². The Balaban J connectivity index is 2.08. The Hall–Kier alpha value is -1.39. The molecule has 1 heterocycles. The summed E-state index contributed by atoms with van der Waals surface area (Å²) < 4.78 is 5.71. The van der Waals surface area contributed by atoms with Gasteiger partial charge in [0, 0.05) is 17.0 Å². The van der Waals surface area contributed by atoms with Gasteiger partial charge in [0.15, 0.2) is 0 Å². The van der Waals surface area contributed by atoms with E-state index < -0.39 is 0 Å². The summed E-state index contributed by atoms with van der Waals surface area (Å²) in [6.07, 6.45) is 0. The van der Waals surface area contributed by atoms with Crippen LogP contribution in [-0.4, -0.2) is 18.1 Å². The summed E-state index contributed by atoms with van der Waals surface area (Å²) in [6, 6.07) is 8.23. The average Bonchev–Trinajstić information content (AvgIpc) is 2.84. The van der Waals surface area contributed by atoms with Gasteiger partial charge in [0.25, 0.3) is 0 Å². The summed E-state index contributed by atoms with van der Waals surface area (Å²) in [5.41, 5.74) is 2.28. The highest BCUT2D eigenvalue weighted by Gasteiger charge is 2.09. The van der Waals surface area contributed by atoms with Crippen molar-refractivity contribution in [2.45, 2.75) is 34.2 Å². The standard InChI is InChI=1S/C17H24N2OS/c1-5-18-10-16-13(4)19-17(21-16)14-6-8-15(9-7-14)20-11-12(2)3/h6-9,12,18H,5,10-11H2,1-4H3. The molecule has 0 bridgehead atoms. The maximum Gasteiger partial charge on any atom is 0.123 e. The lowest BCUT2D eigenvalue weighted by atomic mass is 10.2. The number of hydrogen-bond acceptors (Lipinski definition) is 4. The smallest absolute Gasteiger partial charge is 0.123 e. The quantitative estimate of drug-likeness (QED) is 0.830. The average molecular weight is 304 g/mol. The molecule has 114 valence electrons. The van der Waals surface area contributed by atoms with Crippen LogP contribution in [0.4, 0.5) is 0 Å². The van der Waals surface area contributed by atoms with E-state index in [-0.39, 0.29) is 0 Å². The van der Waals surface area contributed by atoms with Gasteiger partial charge >= 0.3 is 0 Å². The normalized spacial score (nSPS) is 11.1. The minimum absolute atomic E-state index is 0.542. The monoisotopic (exact) mass is 304 g/mol. The molecule has 0 spiro atoms. The first kappa shape index (κ1) is 16.0. The molecule has 0 aliphatic carbocycles. The van der Waals surface area contributed by atoms with E-state index in [1.807, 2.05) is 12.1 Å². The van der Waals surface area contributed by atoms with E-state index in [2.05, 4.69) is 50.1 Å². The molecular weight excluding hydrogens is 280 g/mol. The molecule has 0 radical (unpaired) electrons. The minimum atomic E-state index is 0.542. The topological polar surface area (TPSA) is 34.1 Å². The zero-order chi connectivity index (χ0) is 15.2. The molecule has 2 aromatic rings. The maximum absolute atomic E-state index is 5.71. The molecule has 2 rings (SSSR count). The highest BCUT2D eigenvalue weighted by atomic mass is 32.1. The summed E-state index contributed by atoms with van der Waals surface area (Å²) in [5, 5.41) is 4.44. The number of benzene rings is 1. The molecule has 0 aliphatic heterocycles. The summed E-state index contributed by atoms with van der Waals surface area (Å²) in [6.45, 7) is 11.1. The van der Waals surface area contributed by atoms with Crippen molar-refractivity contribution >= 4 is 11.3 Å². The lowest BCUT2D eigenvalue weighted by Crippen LogP contribution is -2.11. The van der Waals surface area contributed by atoms with E-state index in [4.69, 9.17) is 4.74 Å². The van der Waals surface area contributed by atoms with Crippen molar-refractivity contribution in [3.8, 4) is 16.3 Å². The molecule has 0 amide bonds. The molecule has 0 unspecified atom stereocenters. The molecule has 3 nitrogen and oxygen atoms in total. The van der Waals surface area contributed by atoms with Crippen molar-refractivity contribution in [1.29, 1.82) is 0 Å². The zero-order valence-electron chi connectivity index (χ0n) is 13.3. The van der Waals surface area contributed by atoms with Crippen molar-refractivity contribution in [3.05, 3.63) is 34.8 Å². The SMILES string of the molecule is CCNCc1sc(-c2ccc(OCC(C)C)cc2)nc1C. The summed E-state index contributed by atoms with van der Waals surface area (Å²) in [5.74, 6) is 1.47. The number of nitrogens with one attached hydrogen (secondary N) is 1. The fraction of sp³-hybridized carbons (Fsp3) is 0.471. The maximum atomic E-state index is 5.71. The van der Waals surface area contributed by atoms with Crippen molar-refractivity contribution < 1.29 is 4.74 Å². The van der Waals surface area contributed by atoms with Crippen molar-refractivity contribution in [2.24, 2.45) is 5.92 Å². The first-order valence-corrected chi connectivity index (χ1v) is 8.32. The van der Waals surface area contributed by atoms with E-state index in [1.165, 1.54) is 4.88 Å². The van der Waals surface area contributed by atoms with Crippen molar-refractivity contribution in [3.63, 3.8) is 0 Å². The molecule has 0 atom stereocenters. The number of rotatable bonds is 7. The van der Waals surface area contributed by atoms with Crippen LogP contribution in [0.2, 0.25) is 0 Å². The van der Waals surface area contributed by atoms with E-state index >= 15 is 0 Å². The lowest BCUT2D eigenvalue weighted by Gasteiger charge is -2.08. The highest BCUT2D eigenvalue weighted by Crippen LogP contribution is 2.29. The fourth-order valence-electron chi connectivity index (χ4n) is 1.91. The predicted molar refractivity (Wildman–Crippen MR) is 90.0 cm³/mol. The molecular formula is C17H24N2OS. The van der Waals surface area contributed by atoms with E-state index in [1.54, 1.807) is 11.3 Å². The van der Waals surface area contributed by atoms with Gasteiger partial charge in [-0.25, -0.2) is 4.98 Å². The number of ether oxygens (including phenoxy) is 1. The van der Waals surface area contributed by atoms with Crippen LogP contribution in [0.5, 0.6) is 5.75 Å². The van der Waals surface area contributed by atoms with Crippen LogP contribution in [0.15, 0.2) is 24.3 Å². The Kier molecular flexibility index (Phi) is 5.76. The van der Waals surface area contributed by atoms with Crippen LogP contribution in [0.3, 0.4) is 0 Å². The highest BCUT2D eigenvalue weighted by molar-refractivity contribution is 7.15. The second-order valence-corrected chi connectivity index (χ2v) is 6.62. The number of nitrogens with zero attached hydrogens (tertiary/aromatic N) is 1. The van der Waals surface area contributed by atoms with Gasteiger partial charge in [-0.2, -0.15) is 0 Å². The Morgan fingerprint density at radius 3 is 2.57 bits per heavy atom. The summed E-state index contributed by atoms with van der Waals surface area (Å²) in [7, 11) is 0.